The Morgan fingerprint density at radius 1 is 1.30 bits per heavy atom. The number of hydrogen-bond acceptors (Lipinski definition) is 6. The van der Waals surface area contributed by atoms with Crippen molar-refractivity contribution in [1.82, 2.24) is 9.62 Å². The van der Waals surface area contributed by atoms with E-state index in [0.29, 0.717) is 12.3 Å². The summed E-state index contributed by atoms with van der Waals surface area (Å²) in [6.07, 6.45) is -0.380. The smallest absolute Gasteiger partial charge is 0.275 e. The van der Waals surface area contributed by atoms with Crippen LogP contribution in [0.5, 0.6) is 0 Å². The molecule has 0 saturated carbocycles. The first-order chi connectivity index (χ1) is 9.32. The Morgan fingerprint density at radius 3 is 2.40 bits per heavy atom. The molecule has 0 bridgehead atoms. The van der Waals surface area contributed by atoms with Gasteiger partial charge in [-0.3, -0.25) is 0 Å². The average Bonchev–Trinajstić information content (AvgIpc) is 2.87. The van der Waals surface area contributed by atoms with Crippen LogP contribution in [0.1, 0.15) is 12.7 Å². The summed E-state index contributed by atoms with van der Waals surface area (Å²) >= 11 is 0. The third-order valence-electron chi connectivity index (χ3n) is 2.84. The van der Waals surface area contributed by atoms with Crippen LogP contribution in [0.25, 0.3) is 0 Å². The number of methoxy groups -OCH3 is 2. The van der Waals surface area contributed by atoms with E-state index in [-0.39, 0.29) is 17.4 Å². The molecule has 7 nitrogen and oxygen atoms in total. The maximum atomic E-state index is 11.9. The molecule has 1 heterocycles. The zero-order valence-corrected chi connectivity index (χ0v) is 13.2. The van der Waals surface area contributed by atoms with Gasteiger partial charge in [0.15, 0.2) is 6.29 Å². The summed E-state index contributed by atoms with van der Waals surface area (Å²) in [5.41, 5.74) is 0. The van der Waals surface area contributed by atoms with Gasteiger partial charge in [-0.15, -0.1) is 0 Å². The van der Waals surface area contributed by atoms with Gasteiger partial charge < -0.3 is 19.2 Å². The number of sulfonamides is 1. The Kier molecular flexibility index (Phi) is 6.15. The molecule has 1 aromatic heterocycles. The fourth-order valence-corrected chi connectivity index (χ4v) is 2.45. The van der Waals surface area contributed by atoms with Crippen molar-refractivity contribution in [3.63, 3.8) is 0 Å². The monoisotopic (exact) mass is 306 g/mol. The Labute approximate surface area is 119 Å². The van der Waals surface area contributed by atoms with Crippen LogP contribution in [-0.2, 0) is 26.0 Å². The van der Waals surface area contributed by atoms with Crippen molar-refractivity contribution in [2.24, 2.45) is 0 Å². The van der Waals surface area contributed by atoms with Gasteiger partial charge in [0.05, 0.1) is 12.6 Å². The van der Waals surface area contributed by atoms with E-state index in [0.717, 1.165) is 4.31 Å². The molecule has 0 aromatic carbocycles. The molecule has 0 aliphatic carbocycles. The Morgan fingerprint density at radius 2 is 1.90 bits per heavy atom. The summed E-state index contributed by atoms with van der Waals surface area (Å²) in [5.74, 6) is 0.531. The van der Waals surface area contributed by atoms with Crippen LogP contribution in [0.2, 0.25) is 0 Å². The third kappa shape index (κ3) is 4.03. The van der Waals surface area contributed by atoms with Crippen LogP contribution in [0.3, 0.4) is 0 Å². The Bertz CT molecular complexity index is 508. The summed E-state index contributed by atoms with van der Waals surface area (Å²) < 4.78 is 40.4. The third-order valence-corrected chi connectivity index (χ3v) is 4.53. The number of nitrogens with zero attached hydrogens (tertiary/aromatic N) is 1. The molecule has 0 spiro atoms. The van der Waals surface area contributed by atoms with E-state index in [2.05, 4.69) is 5.32 Å². The van der Waals surface area contributed by atoms with Crippen molar-refractivity contribution in [3.8, 4) is 0 Å². The summed E-state index contributed by atoms with van der Waals surface area (Å²) in [4.78, 5) is 0. The molecule has 1 unspecified atom stereocenters. The van der Waals surface area contributed by atoms with E-state index in [1.807, 2.05) is 6.92 Å². The van der Waals surface area contributed by atoms with E-state index in [1.165, 1.54) is 20.2 Å². The molecule has 8 heteroatoms. The molecule has 0 radical (unpaired) electrons. The van der Waals surface area contributed by atoms with E-state index < -0.39 is 10.0 Å². The van der Waals surface area contributed by atoms with Crippen molar-refractivity contribution in [3.05, 3.63) is 17.9 Å². The Hall–Kier alpha value is -0.930. The normalized spacial score (nSPS) is 14.2. The average molecular weight is 306 g/mol. The fourth-order valence-electron chi connectivity index (χ4n) is 1.63. The van der Waals surface area contributed by atoms with E-state index >= 15 is 0 Å². The minimum atomic E-state index is -3.53. The van der Waals surface area contributed by atoms with Gasteiger partial charge in [0.2, 0.25) is 5.09 Å². The van der Waals surface area contributed by atoms with Gasteiger partial charge >= 0.3 is 0 Å². The maximum Gasteiger partial charge on any atom is 0.275 e. The number of ether oxygens (including phenoxy) is 2. The highest BCUT2D eigenvalue weighted by molar-refractivity contribution is 7.88. The second-order valence-electron chi connectivity index (χ2n) is 4.52. The number of furan rings is 1. The van der Waals surface area contributed by atoms with Crippen LogP contribution in [0, 0.1) is 0 Å². The quantitative estimate of drug-likeness (QED) is 0.709. The van der Waals surface area contributed by atoms with Gasteiger partial charge in [-0.05, 0) is 19.1 Å². The molecule has 1 rings (SSSR count). The molecule has 116 valence electrons. The van der Waals surface area contributed by atoms with Crippen LogP contribution in [0.4, 0.5) is 0 Å². The van der Waals surface area contributed by atoms with Crippen LogP contribution in [-0.4, -0.2) is 53.4 Å². The number of rotatable bonds is 8. The lowest BCUT2D eigenvalue weighted by Crippen LogP contribution is -2.39. The first-order valence-electron chi connectivity index (χ1n) is 6.13. The van der Waals surface area contributed by atoms with Gasteiger partial charge in [-0.1, -0.05) is 0 Å². The molecular weight excluding hydrogens is 284 g/mol. The second-order valence-corrected chi connectivity index (χ2v) is 6.60. The van der Waals surface area contributed by atoms with Crippen molar-refractivity contribution < 1.29 is 22.3 Å². The van der Waals surface area contributed by atoms with Crippen molar-refractivity contribution >= 4 is 10.0 Å². The molecule has 0 aliphatic rings. The minimum Gasteiger partial charge on any atom is -0.447 e. The molecule has 1 aromatic rings. The fraction of sp³-hybridized carbons (Fsp3) is 0.667. The van der Waals surface area contributed by atoms with Crippen molar-refractivity contribution in [2.75, 3.05) is 28.3 Å². The molecule has 0 saturated heterocycles. The maximum absolute atomic E-state index is 11.9. The number of hydrogen-bond donors (Lipinski definition) is 1. The summed E-state index contributed by atoms with van der Waals surface area (Å²) in [7, 11) is 2.50. The lowest BCUT2D eigenvalue weighted by atomic mass is 10.3. The topological polar surface area (TPSA) is 81.0 Å². The highest BCUT2D eigenvalue weighted by atomic mass is 32.2. The van der Waals surface area contributed by atoms with E-state index in [4.69, 9.17) is 13.9 Å². The molecule has 20 heavy (non-hydrogen) atoms. The van der Waals surface area contributed by atoms with E-state index in [1.54, 1.807) is 20.3 Å². The minimum absolute atomic E-state index is 0.0657. The van der Waals surface area contributed by atoms with Gasteiger partial charge in [-0.25, -0.2) is 12.7 Å². The molecule has 1 N–H and O–H groups in total. The molecular formula is C12H22N2O5S. The molecule has 1 atom stereocenters. The Balaban J connectivity index is 2.66. The highest BCUT2D eigenvalue weighted by Crippen LogP contribution is 2.17. The van der Waals surface area contributed by atoms with Crippen molar-refractivity contribution in [2.45, 2.75) is 30.9 Å². The zero-order valence-electron chi connectivity index (χ0n) is 12.4. The predicted molar refractivity (Wildman–Crippen MR) is 73.7 cm³/mol. The van der Waals surface area contributed by atoms with Crippen LogP contribution >= 0.6 is 0 Å². The lowest BCUT2D eigenvalue weighted by Gasteiger charge is -2.21. The summed E-state index contributed by atoms with van der Waals surface area (Å²) in [6.45, 7) is 2.28. The van der Waals surface area contributed by atoms with Gasteiger partial charge in [0.25, 0.3) is 10.0 Å². The standard InChI is InChI=1S/C12H22N2O5S/c1-9(12(17-4)18-5)13-8-10-6-7-11(19-10)20(15,16)14(2)3/h6-7,9,12-13H,8H2,1-5H3. The van der Waals surface area contributed by atoms with Crippen LogP contribution in [0.15, 0.2) is 21.6 Å². The second kappa shape index (κ2) is 7.19. The summed E-state index contributed by atoms with van der Waals surface area (Å²) in [5, 5.41) is 3.08. The van der Waals surface area contributed by atoms with E-state index in [9.17, 15) is 8.42 Å². The predicted octanol–water partition coefficient (Wildman–Crippen LogP) is 0.627. The highest BCUT2D eigenvalue weighted by Gasteiger charge is 2.22. The lowest BCUT2D eigenvalue weighted by molar-refractivity contribution is -0.119. The molecule has 0 amide bonds. The first-order valence-corrected chi connectivity index (χ1v) is 7.57. The SMILES string of the molecule is COC(OC)C(C)NCc1ccc(S(=O)(=O)N(C)C)o1. The zero-order chi connectivity index (χ0) is 15.3. The molecule has 0 fully saturated rings. The molecule has 0 aliphatic heterocycles. The summed E-state index contributed by atoms with van der Waals surface area (Å²) in [6, 6.07) is 3.01. The van der Waals surface area contributed by atoms with Crippen LogP contribution < -0.4 is 5.32 Å². The largest absolute Gasteiger partial charge is 0.447 e. The van der Waals surface area contributed by atoms with Gasteiger partial charge in [0, 0.05) is 28.3 Å². The van der Waals surface area contributed by atoms with Gasteiger partial charge in [0.1, 0.15) is 5.76 Å². The first kappa shape index (κ1) is 17.1. The number of nitrogens with one attached hydrogen (secondary N) is 1. The van der Waals surface area contributed by atoms with Crippen molar-refractivity contribution in [1.29, 1.82) is 0 Å². The van der Waals surface area contributed by atoms with Gasteiger partial charge in [-0.2, -0.15) is 0 Å².